The van der Waals surface area contributed by atoms with Crippen molar-refractivity contribution < 1.29 is 19.1 Å². The van der Waals surface area contributed by atoms with E-state index in [0.717, 1.165) is 30.5 Å². The number of hydrogen-bond donors (Lipinski definition) is 1. The molecule has 1 aliphatic heterocycles. The molecule has 0 saturated carbocycles. The SMILES string of the molecule is CN(CCOc1ccc(CC2CC(=O)NC2=O)cc1)C(=O)CCCCc1ccccn1. The van der Waals surface area contributed by atoms with Crippen LogP contribution in [0.3, 0.4) is 0 Å². The molecule has 2 heterocycles. The Hall–Kier alpha value is -3.22. The lowest BCUT2D eigenvalue weighted by Crippen LogP contribution is -2.30. The number of benzene rings is 1. The fraction of sp³-hybridized carbons (Fsp3) is 0.417. The van der Waals surface area contributed by atoms with Crippen molar-refractivity contribution in [2.24, 2.45) is 5.92 Å². The third kappa shape index (κ3) is 7.20. The topological polar surface area (TPSA) is 88.6 Å². The number of pyridine rings is 1. The highest BCUT2D eigenvalue weighted by Crippen LogP contribution is 2.19. The Morgan fingerprint density at radius 3 is 2.65 bits per heavy atom. The Labute approximate surface area is 182 Å². The van der Waals surface area contributed by atoms with E-state index in [-0.39, 0.29) is 30.1 Å². The monoisotopic (exact) mass is 423 g/mol. The zero-order valence-corrected chi connectivity index (χ0v) is 17.9. The second kappa shape index (κ2) is 11.2. The predicted octanol–water partition coefficient (Wildman–Crippen LogP) is 2.54. The van der Waals surface area contributed by atoms with Crippen molar-refractivity contribution in [2.45, 2.75) is 38.5 Å². The average molecular weight is 424 g/mol. The maximum atomic E-state index is 12.3. The minimum absolute atomic E-state index is 0.115. The molecule has 3 rings (SSSR count). The quantitative estimate of drug-likeness (QED) is 0.443. The average Bonchev–Trinajstić information content (AvgIpc) is 3.09. The zero-order valence-electron chi connectivity index (χ0n) is 17.9. The third-order valence-corrected chi connectivity index (χ3v) is 5.39. The molecule has 0 radical (unpaired) electrons. The fourth-order valence-electron chi connectivity index (χ4n) is 3.52. The van der Waals surface area contributed by atoms with Gasteiger partial charge in [0.1, 0.15) is 12.4 Å². The van der Waals surface area contributed by atoms with E-state index in [9.17, 15) is 14.4 Å². The van der Waals surface area contributed by atoms with E-state index in [1.807, 2.05) is 42.5 Å². The lowest BCUT2D eigenvalue weighted by atomic mass is 9.98. The van der Waals surface area contributed by atoms with Crippen LogP contribution in [0.4, 0.5) is 0 Å². The van der Waals surface area contributed by atoms with Gasteiger partial charge in [0.25, 0.3) is 0 Å². The Morgan fingerprint density at radius 2 is 1.97 bits per heavy atom. The van der Waals surface area contributed by atoms with Crippen LogP contribution >= 0.6 is 0 Å². The molecule has 7 nitrogen and oxygen atoms in total. The van der Waals surface area contributed by atoms with Crippen LogP contribution in [0.25, 0.3) is 0 Å². The molecule has 1 fully saturated rings. The molecule has 3 amide bonds. The Balaban J connectivity index is 1.31. The minimum Gasteiger partial charge on any atom is -0.492 e. The van der Waals surface area contributed by atoms with Gasteiger partial charge in [-0.3, -0.25) is 24.7 Å². The van der Waals surface area contributed by atoms with Crippen LogP contribution in [0.2, 0.25) is 0 Å². The van der Waals surface area contributed by atoms with Crippen molar-refractivity contribution in [2.75, 3.05) is 20.2 Å². The van der Waals surface area contributed by atoms with Gasteiger partial charge >= 0.3 is 0 Å². The smallest absolute Gasteiger partial charge is 0.230 e. The number of hydrogen-bond acceptors (Lipinski definition) is 5. The van der Waals surface area contributed by atoms with Crippen molar-refractivity contribution in [1.82, 2.24) is 15.2 Å². The van der Waals surface area contributed by atoms with Crippen molar-refractivity contribution in [3.8, 4) is 5.75 Å². The van der Waals surface area contributed by atoms with Gasteiger partial charge in [-0.15, -0.1) is 0 Å². The van der Waals surface area contributed by atoms with Gasteiger partial charge in [0.2, 0.25) is 17.7 Å². The number of imide groups is 1. The van der Waals surface area contributed by atoms with Gasteiger partial charge in [-0.2, -0.15) is 0 Å². The first kappa shape index (κ1) is 22.5. The number of unbranched alkanes of at least 4 members (excludes halogenated alkanes) is 1. The summed E-state index contributed by atoms with van der Waals surface area (Å²) in [5, 5.41) is 2.33. The number of likely N-dealkylation sites (N-methyl/N-ethyl adjacent to an activating group) is 1. The standard InChI is InChI=1S/C24H29N3O4/c1-27(23(29)8-3-2-6-20-7-4-5-13-25-20)14-15-31-21-11-9-18(10-12-21)16-19-17-22(28)26-24(19)30/h4-5,7,9-13,19H,2-3,6,8,14-17H2,1H3,(H,26,28,30). The number of aromatic nitrogens is 1. The molecule has 1 aromatic heterocycles. The number of nitrogens with zero attached hydrogens (tertiary/aromatic N) is 2. The van der Waals surface area contributed by atoms with Crippen LogP contribution in [-0.2, 0) is 27.2 Å². The first-order valence-corrected chi connectivity index (χ1v) is 10.7. The van der Waals surface area contributed by atoms with Gasteiger partial charge in [-0.05, 0) is 55.5 Å². The highest BCUT2D eigenvalue weighted by atomic mass is 16.5. The van der Waals surface area contributed by atoms with E-state index in [4.69, 9.17) is 4.74 Å². The fourth-order valence-corrected chi connectivity index (χ4v) is 3.52. The molecule has 2 aromatic rings. The summed E-state index contributed by atoms with van der Waals surface area (Å²) in [6.45, 7) is 0.931. The maximum Gasteiger partial charge on any atom is 0.230 e. The van der Waals surface area contributed by atoms with Crippen LogP contribution in [-0.4, -0.2) is 47.8 Å². The number of amides is 3. The summed E-state index contributed by atoms with van der Waals surface area (Å²) in [5.74, 6) is 0.135. The van der Waals surface area contributed by atoms with Crippen LogP contribution in [0.15, 0.2) is 48.7 Å². The summed E-state index contributed by atoms with van der Waals surface area (Å²) in [7, 11) is 1.79. The number of rotatable bonds is 11. The predicted molar refractivity (Wildman–Crippen MR) is 116 cm³/mol. The second-order valence-corrected chi connectivity index (χ2v) is 7.85. The normalized spacial score (nSPS) is 15.6. The lowest BCUT2D eigenvalue weighted by Gasteiger charge is -2.17. The highest BCUT2D eigenvalue weighted by molar-refractivity contribution is 6.03. The molecule has 1 atom stereocenters. The molecule has 164 valence electrons. The van der Waals surface area contributed by atoms with E-state index < -0.39 is 0 Å². The molecule has 0 aliphatic carbocycles. The number of carbonyl (C=O) groups is 3. The Bertz CT molecular complexity index is 883. The van der Waals surface area contributed by atoms with E-state index in [1.165, 1.54) is 0 Å². The second-order valence-electron chi connectivity index (χ2n) is 7.85. The van der Waals surface area contributed by atoms with Crippen LogP contribution in [0.5, 0.6) is 5.75 Å². The Kier molecular flexibility index (Phi) is 8.15. The first-order valence-electron chi connectivity index (χ1n) is 10.7. The molecular weight excluding hydrogens is 394 g/mol. The van der Waals surface area contributed by atoms with Crippen LogP contribution < -0.4 is 10.1 Å². The number of aryl methyl sites for hydroxylation is 1. The summed E-state index contributed by atoms with van der Waals surface area (Å²) >= 11 is 0. The van der Waals surface area contributed by atoms with Crippen LogP contribution in [0.1, 0.15) is 36.9 Å². The molecule has 1 saturated heterocycles. The molecule has 7 heteroatoms. The number of ether oxygens (including phenoxy) is 1. The van der Waals surface area contributed by atoms with Crippen molar-refractivity contribution in [3.63, 3.8) is 0 Å². The van der Waals surface area contributed by atoms with Gasteiger partial charge in [-0.1, -0.05) is 18.2 Å². The third-order valence-electron chi connectivity index (χ3n) is 5.39. The van der Waals surface area contributed by atoms with Crippen LogP contribution in [0, 0.1) is 5.92 Å². The summed E-state index contributed by atoms with van der Waals surface area (Å²) in [4.78, 5) is 41.2. The lowest BCUT2D eigenvalue weighted by molar-refractivity contribution is -0.130. The largest absolute Gasteiger partial charge is 0.492 e. The van der Waals surface area contributed by atoms with Gasteiger partial charge in [0.15, 0.2) is 0 Å². The Morgan fingerprint density at radius 1 is 1.16 bits per heavy atom. The summed E-state index contributed by atoms with van der Waals surface area (Å²) in [5.41, 5.74) is 2.04. The van der Waals surface area contributed by atoms with Gasteiger partial charge in [0.05, 0.1) is 12.5 Å². The van der Waals surface area contributed by atoms with Crippen molar-refractivity contribution in [1.29, 1.82) is 0 Å². The van der Waals surface area contributed by atoms with Crippen molar-refractivity contribution >= 4 is 17.7 Å². The van der Waals surface area contributed by atoms with E-state index in [1.54, 1.807) is 18.1 Å². The number of nitrogens with one attached hydrogen (secondary N) is 1. The molecule has 1 aromatic carbocycles. The summed E-state index contributed by atoms with van der Waals surface area (Å²) in [6, 6.07) is 13.4. The number of carbonyl (C=O) groups excluding carboxylic acids is 3. The van der Waals surface area contributed by atoms with Crippen molar-refractivity contribution in [3.05, 3.63) is 59.9 Å². The minimum atomic E-state index is -0.289. The maximum absolute atomic E-state index is 12.3. The first-order chi connectivity index (χ1) is 15.0. The van der Waals surface area contributed by atoms with Gasteiger partial charge < -0.3 is 9.64 Å². The molecule has 0 bridgehead atoms. The highest BCUT2D eigenvalue weighted by Gasteiger charge is 2.30. The molecule has 1 aliphatic rings. The summed E-state index contributed by atoms with van der Waals surface area (Å²) < 4.78 is 5.74. The molecule has 0 spiro atoms. The molecular formula is C24H29N3O4. The van der Waals surface area contributed by atoms with Gasteiger partial charge in [-0.25, -0.2) is 0 Å². The van der Waals surface area contributed by atoms with E-state index in [0.29, 0.717) is 31.7 Å². The van der Waals surface area contributed by atoms with E-state index in [2.05, 4.69) is 10.3 Å². The summed E-state index contributed by atoms with van der Waals surface area (Å²) in [6.07, 6.45) is 5.77. The molecule has 31 heavy (non-hydrogen) atoms. The van der Waals surface area contributed by atoms with Gasteiger partial charge in [0, 0.05) is 31.8 Å². The molecule has 1 unspecified atom stereocenters. The van der Waals surface area contributed by atoms with E-state index >= 15 is 0 Å². The molecule has 1 N–H and O–H groups in total. The zero-order chi connectivity index (χ0) is 22.1.